The average molecular weight is 925 g/mol. The van der Waals surface area contributed by atoms with Gasteiger partial charge in [0.2, 0.25) is 0 Å². The largest absolute Gasteiger partial charge is 0.505 e. The minimum Gasteiger partial charge on any atom is -0.505 e. The number of ether oxygens (including phenoxy) is 7. The second kappa shape index (κ2) is 20.5. The third kappa shape index (κ3) is 10.9. The number of carbonyl (C=O) groups is 2. The SMILES string of the molecule is CC(C)(C)c1cc(CCC(=O)OCCOCCOCCOCCOCCOCCOC(=O)CCc2cc(-n3n4c5ccccc5n34)c(O)c(C(C)(C)C)c2)cc(-n2n3c4ccccc4n23)c1O. The Morgan fingerprint density at radius 2 is 0.731 bits per heavy atom. The van der Waals surface area contributed by atoms with Crippen molar-refractivity contribution in [3.63, 3.8) is 0 Å². The van der Waals surface area contributed by atoms with Crippen molar-refractivity contribution in [1.29, 1.82) is 0 Å². The van der Waals surface area contributed by atoms with Gasteiger partial charge in [0.25, 0.3) is 0 Å². The molecule has 0 aliphatic heterocycles. The number of aryl methyl sites for hydroxylation is 2. The van der Waals surface area contributed by atoms with E-state index in [1.54, 1.807) is 0 Å². The van der Waals surface area contributed by atoms with E-state index in [-0.39, 0.29) is 73.5 Å². The highest BCUT2D eigenvalue weighted by molar-refractivity contribution is 5.81. The Hall–Kier alpha value is -5.98. The number of phenolic OH excluding ortho intramolecular Hbond substituents is 2. The number of aromatic nitrogens is 6. The van der Waals surface area contributed by atoms with E-state index in [2.05, 4.69) is 41.5 Å². The van der Waals surface area contributed by atoms with E-state index in [0.717, 1.165) is 44.3 Å². The lowest BCUT2D eigenvalue weighted by atomic mass is 9.84. The number of aromatic hydroxyl groups is 2. The van der Waals surface area contributed by atoms with Crippen molar-refractivity contribution in [3.05, 3.63) is 95.1 Å². The Balaban J connectivity index is 0.608. The minimum atomic E-state index is -0.308. The molecule has 8 rings (SSSR count). The number of phenols is 2. The summed E-state index contributed by atoms with van der Waals surface area (Å²) in [7, 11) is 0. The molecule has 17 nitrogen and oxygen atoms in total. The topological polar surface area (TPSA) is 167 Å². The van der Waals surface area contributed by atoms with Gasteiger partial charge in [0.1, 0.15) is 58.2 Å². The van der Waals surface area contributed by atoms with Crippen molar-refractivity contribution >= 4 is 34.0 Å². The second-order valence-corrected chi connectivity index (χ2v) is 18.7. The summed E-state index contributed by atoms with van der Waals surface area (Å²) < 4.78 is 46.6. The van der Waals surface area contributed by atoms with Crippen molar-refractivity contribution in [2.24, 2.45) is 0 Å². The molecule has 0 fully saturated rings. The molecule has 17 heteroatoms. The molecule has 8 aromatic rings. The van der Waals surface area contributed by atoms with Gasteiger partial charge < -0.3 is 43.4 Å². The van der Waals surface area contributed by atoms with Crippen LogP contribution in [0.1, 0.15) is 76.6 Å². The van der Waals surface area contributed by atoms with Crippen LogP contribution in [0.15, 0.2) is 72.8 Å². The van der Waals surface area contributed by atoms with Gasteiger partial charge in [0.15, 0.2) is 0 Å². The number of fused-ring (bicyclic) bond motifs is 8. The van der Waals surface area contributed by atoms with Gasteiger partial charge in [0, 0.05) is 24.0 Å². The molecular formula is C50H64N6O11. The van der Waals surface area contributed by atoms with E-state index < -0.39 is 0 Å². The molecule has 0 unspecified atom stereocenters. The van der Waals surface area contributed by atoms with E-state index in [9.17, 15) is 19.8 Å². The van der Waals surface area contributed by atoms with Crippen LogP contribution in [-0.2, 0) is 66.4 Å². The van der Waals surface area contributed by atoms with Crippen LogP contribution in [-0.4, -0.2) is 130 Å². The second-order valence-electron chi connectivity index (χ2n) is 18.7. The van der Waals surface area contributed by atoms with Crippen molar-refractivity contribution in [1.82, 2.24) is 28.1 Å². The van der Waals surface area contributed by atoms with Crippen molar-refractivity contribution in [3.8, 4) is 22.9 Å². The number of benzene rings is 4. The molecule has 0 saturated heterocycles. The molecule has 2 N–H and O–H groups in total. The number of nitrogens with zero attached hydrogens (tertiary/aromatic N) is 6. The molecular weight excluding hydrogens is 861 g/mol. The summed E-state index contributed by atoms with van der Waals surface area (Å²) in [5, 5.41) is 22.5. The lowest BCUT2D eigenvalue weighted by molar-refractivity contribution is -0.146. The van der Waals surface area contributed by atoms with E-state index in [0.29, 0.717) is 77.1 Å². The van der Waals surface area contributed by atoms with Crippen LogP contribution in [0.25, 0.3) is 33.4 Å². The maximum atomic E-state index is 12.6. The van der Waals surface area contributed by atoms with Crippen LogP contribution in [0.3, 0.4) is 0 Å². The lowest BCUT2D eigenvalue weighted by Crippen LogP contribution is -2.16. The molecule has 67 heavy (non-hydrogen) atoms. The van der Waals surface area contributed by atoms with Gasteiger partial charge in [0.05, 0.1) is 66.1 Å². The first-order valence-electron chi connectivity index (χ1n) is 23.1. The predicted octanol–water partition coefficient (Wildman–Crippen LogP) is 6.90. The Labute approximate surface area is 389 Å². The molecule has 0 saturated carbocycles. The average Bonchev–Trinajstić information content (AvgIpc) is 4.16. The first kappa shape index (κ1) is 47.5. The molecule has 4 heterocycles. The molecule has 0 amide bonds. The molecule has 360 valence electrons. The number of hydrogen-bond acceptors (Lipinski definition) is 11. The maximum Gasteiger partial charge on any atom is 0.306 e. The van der Waals surface area contributed by atoms with Crippen molar-refractivity contribution in [2.45, 2.75) is 78.1 Å². The van der Waals surface area contributed by atoms with Gasteiger partial charge in [-0.15, -0.1) is 28.1 Å². The van der Waals surface area contributed by atoms with E-state index in [1.807, 2.05) is 101 Å². The van der Waals surface area contributed by atoms with E-state index in [4.69, 9.17) is 33.2 Å². The Morgan fingerprint density at radius 1 is 0.448 bits per heavy atom. The molecule has 4 aromatic heterocycles. The molecule has 4 aromatic carbocycles. The number of esters is 2. The Morgan fingerprint density at radius 3 is 1.01 bits per heavy atom. The molecule has 0 spiro atoms. The van der Waals surface area contributed by atoms with Crippen LogP contribution in [0.4, 0.5) is 0 Å². The number of hydrogen-bond donors (Lipinski definition) is 2. The van der Waals surface area contributed by atoms with Gasteiger partial charge in [-0.1, -0.05) is 77.9 Å². The van der Waals surface area contributed by atoms with Gasteiger partial charge in [-0.3, -0.25) is 9.59 Å². The van der Waals surface area contributed by atoms with Crippen LogP contribution in [0.5, 0.6) is 11.5 Å². The fraction of sp³-hybridized carbons (Fsp3) is 0.480. The van der Waals surface area contributed by atoms with Gasteiger partial charge in [-0.25, -0.2) is 0 Å². The van der Waals surface area contributed by atoms with Crippen LogP contribution in [0.2, 0.25) is 0 Å². The Bertz CT molecular complexity index is 2580. The summed E-state index contributed by atoms with van der Waals surface area (Å²) in [6, 6.07) is 24.0. The zero-order chi connectivity index (χ0) is 47.3. The zero-order valence-electron chi connectivity index (χ0n) is 39.5. The van der Waals surface area contributed by atoms with E-state index in [1.165, 1.54) is 0 Å². The maximum absolute atomic E-state index is 12.6. The third-order valence-corrected chi connectivity index (χ3v) is 11.7. The van der Waals surface area contributed by atoms with Gasteiger partial charge in [-0.05, 0) is 71.2 Å². The van der Waals surface area contributed by atoms with Crippen molar-refractivity contribution in [2.75, 3.05) is 79.3 Å². The van der Waals surface area contributed by atoms with Crippen LogP contribution < -0.4 is 0 Å². The van der Waals surface area contributed by atoms with Crippen LogP contribution in [0, 0.1) is 0 Å². The fourth-order valence-electron chi connectivity index (χ4n) is 8.13. The van der Waals surface area contributed by atoms with Crippen LogP contribution >= 0.6 is 0 Å². The number of para-hydroxylation sites is 4. The highest BCUT2D eigenvalue weighted by Gasteiger charge is 2.31. The Kier molecular flexibility index (Phi) is 14.5. The normalized spacial score (nSPS) is 12.6. The third-order valence-electron chi connectivity index (χ3n) is 11.7. The number of carbonyl (C=O) groups excluding carboxylic acids is 2. The predicted molar refractivity (Wildman–Crippen MR) is 251 cm³/mol. The van der Waals surface area contributed by atoms with Gasteiger partial charge >= 0.3 is 11.9 Å². The summed E-state index contributed by atoms with van der Waals surface area (Å²) in [5.41, 5.74) is 8.64. The highest BCUT2D eigenvalue weighted by Crippen LogP contribution is 2.40. The first-order valence-corrected chi connectivity index (χ1v) is 23.1. The molecule has 0 aliphatic carbocycles. The quantitative estimate of drug-likeness (QED) is 0.0429. The lowest BCUT2D eigenvalue weighted by Gasteiger charge is -2.22. The smallest absolute Gasteiger partial charge is 0.306 e. The summed E-state index contributed by atoms with van der Waals surface area (Å²) in [4.78, 5) is 29.0. The fourth-order valence-corrected chi connectivity index (χ4v) is 8.13. The summed E-state index contributed by atoms with van der Waals surface area (Å²) >= 11 is 0. The summed E-state index contributed by atoms with van der Waals surface area (Å²) in [5.74, 6) is -0.144. The first-order chi connectivity index (χ1) is 32.2. The summed E-state index contributed by atoms with van der Waals surface area (Å²) in [6.07, 6.45) is 1.38. The van der Waals surface area contributed by atoms with Gasteiger partial charge in [-0.2, -0.15) is 0 Å². The minimum absolute atomic E-state index is 0.154. The zero-order valence-corrected chi connectivity index (χ0v) is 39.5. The number of rotatable bonds is 26. The summed E-state index contributed by atoms with van der Waals surface area (Å²) in [6.45, 7) is 16.4. The monoisotopic (exact) mass is 924 g/mol. The molecule has 0 atom stereocenters. The highest BCUT2D eigenvalue weighted by atomic mass is 16.6. The van der Waals surface area contributed by atoms with E-state index >= 15 is 0 Å². The van der Waals surface area contributed by atoms with Crippen molar-refractivity contribution < 1.29 is 53.0 Å². The molecule has 0 radical (unpaired) electrons. The standard InChI is InChI=1S/C50H64N6O11/c1-49(2,3)37-31-35(33-43(47(37)59)55-51-39-11-7-8-12-40(39)52(51)55)15-17-45(57)66-29-27-64-25-23-62-21-19-61-20-22-63-24-26-65-28-30-67-46(58)18-16-36-32-38(50(4,5)6)48(60)44(34-36)56-53-41-13-9-10-14-42(41)54(53)56/h7-14,31-34,59-60H,15-30H2,1-6H3. The molecule has 0 aliphatic rings. The molecule has 0 bridgehead atoms.